The van der Waals surface area contributed by atoms with Gasteiger partial charge in [0.05, 0.1) is 6.20 Å². The van der Waals surface area contributed by atoms with Gasteiger partial charge in [-0.05, 0) is 24.5 Å². The third-order valence-electron chi connectivity index (χ3n) is 2.04. The summed E-state index contributed by atoms with van der Waals surface area (Å²) in [5, 5.41) is 4.27. The molecule has 0 fully saturated rings. The van der Waals surface area contributed by atoms with Gasteiger partial charge in [0.1, 0.15) is 0 Å². The largest absolute Gasteiger partial charge is 0.330 e. The van der Waals surface area contributed by atoms with Crippen LogP contribution in [0.2, 0.25) is 0 Å². The molecule has 78 valence electrons. The van der Waals surface area contributed by atoms with Crippen LogP contribution in [0.1, 0.15) is 25.8 Å². The molecule has 0 unspecified atom stereocenters. The molecule has 1 rings (SSSR count). The lowest BCUT2D eigenvalue weighted by atomic mass is 10.1. The first-order valence-electron chi connectivity index (χ1n) is 5.04. The molecule has 0 aliphatic carbocycles. The molecule has 1 aromatic heterocycles. The summed E-state index contributed by atoms with van der Waals surface area (Å²) < 4.78 is 1.96. The molecule has 0 bridgehead atoms. The first-order chi connectivity index (χ1) is 6.63. The van der Waals surface area contributed by atoms with E-state index in [0.29, 0.717) is 12.5 Å². The van der Waals surface area contributed by atoms with Crippen LogP contribution in [0, 0.1) is 5.92 Å². The molecule has 0 saturated carbocycles. The zero-order valence-electron chi connectivity index (χ0n) is 9.03. The van der Waals surface area contributed by atoms with Gasteiger partial charge in [0.15, 0.2) is 0 Å². The summed E-state index contributed by atoms with van der Waals surface area (Å²) in [6.45, 7) is 9.93. The van der Waals surface area contributed by atoms with Crippen LogP contribution in [0.25, 0.3) is 5.57 Å². The van der Waals surface area contributed by atoms with Crippen molar-refractivity contribution in [3.63, 3.8) is 0 Å². The monoisotopic (exact) mass is 193 g/mol. The first kappa shape index (κ1) is 11.0. The minimum atomic E-state index is 0.616. The second-order valence-electron chi connectivity index (χ2n) is 3.99. The molecule has 0 radical (unpaired) electrons. The normalized spacial score (nSPS) is 10.9. The lowest BCUT2D eigenvalue weighted by Gasteiger charge is -2.03. The Morgan fingerprint density at radius 1 is 1.64 bits per heavy atom. The van der Waals surface area contributed by atoms with E-state index in [1.165, 1.54) is 0 Å². The van der Waals surface area contributed by atoms with Gasteiger partial charge in [-0.25, -0.2) is 0 Å². The third kappa shape index (κ3) is 3.00. The first-order valence-corrected chi connectivity index (χ1v) is 5.04. The smallest absolute Gasteiger partial charge is 0.0564 e. The van der Waals surface area contributed by atoms with Crippen LogP contribution in [-0.4, -0.2) is 16.3 Å². The van der Waals surface area contributed by atoms with Gasteiger partial charge in [0.2, 0.25) is 0 Å². The van der Waals surface area contributed by atoms with Gasteiger partial charge < -0.3 is 5.73 Å². The third-order valence-corrected chi connectivity index (χ3v) is 2.04. The fourth-order valence-electron chi connectivity index (χ4n) is 1.34. The van der Waals surface area contributed by atoms with Crippen LogP contribution in [0.5, 0.6) is 0 Å². The summed E-state index contributed by atoms with van der Waals surface area (Å²) >= 11 is 0. The van der Waals surface area contributed by atoms with Crippen molar-refractivity contribution < 1.29 is 0 Å². The van der Waals surface area contributed by atoms with Crippen LogP contribution < -0.4 is 5.73 Å². The maximum atomic E-state index is 5.47. The van der Waals surface area contributed by atoms with Gasteiger partial charge in [0, 0.05) is 18.3 Å². The van der Waals surface area contributed by atoms with Crippen LogP contribution in [-0.2, 0) is 6.54 Å². The molecule has 1 aromatic rings. The fraction of sp³-hybridized carbons (Fsp3) is 0.545. The van der Waals surface area contributed by atoms with Crippen LogP contribution >= 0.6 is 0 Å². The van der Waals surface area contributed by atoms with Crippen LogP contribution in [0.4, 0.5) is 0 Å². The highest BCUT2D eigenvalue weighted by atomic mass is 15.3. The molecular weight excluding hydrogens is 174 g/mol. The van der Waals surface area contributed by atoms with Gasteiger partial charge in [0.25, 0.3) is 0 Å². The van der Waals surface area contributed by atoms with E-state index in [4.69, 9.17) is 5.73 Å². The Bertz CT molecular complexity index is 299. The van der Waals surface area contributed by atoms with Crippen molar-refractivity contribution in [3.05, 3.63) is 24.5 Å². The Morgan fingerprint density at radius 2 is 2.36 bits per heavy atom. The van der Waals surface area contributed by atoms with E-state index in [2.05, 4.69) is 25.5 Å². The number of rotatable bonds is 5. The summed E-state index contributed by atoms with van der Waals surface area (Å²) in [6, 6.07) is 0. The van der Waals surface area contributed by atoms with E-state index in [9.17, 15) is 0 Å². The van der Waals surface area contributed by atoms with Crippen molar-refractivity contribution in [1.82, 2.24) is 9.78 Å². The molecule has 0 atom stereocenters. The molecule has 3 nitrogen and oxygen atoms in total. The summed E-state index contributed by atoms with van der Waals surface area (Å²) in [6.07, 6.45) is 4.74. The highest BCUT2D eigenvalue weighted by Crippen LogP contribution is 2.14. The standard InChI is InChI=1S/C11H19N3/c1-9(2)7-14-8-11(6-13-14)10(3)4-5-12/h6,8-9H,3-5,7,12H2,1-2H3. The number of nitrogens with two attached hydrogens (primary N) is 1. The average molecular weight is 193 g/mol. The highest BCUT2D eigenvalue weighted by molar-refractivity contribution is 5.61. The van der Waals surface area contributed by atoms with Gasteiger partial charge in [-0.1, -0.05) is 20.4 Å². The molecule has 1 heterocycles. The van der Waals surface area contributed by atoms with E-state index in [-0.39, 0.29) is 0 Å². The van der Waals surface area contributed by atoms with Gasteiger partial charge in [-0.2, -0.15) is 5.10 Å². The molecule has 3 heteroatoms. The number of hydrogen-bond acceptors (Lipinski definition) is 2. The molecule has 0 amide bonds. The minimum absolute atomic E-state index is 0.616. The van der Waals surface area contributed by atoms with Crippen LogP contribution in [0.3, 0.4) is 0 Å². The number of nitrogens with zero attached hydrogens (tertiary/aromatic N) is 2. The Morgan fingerprint density at radius 3 is 2.93 bits per heavy atom. The maximum absolute atomic E-state index is 5.47. The van der Waals surface area contributed by atoms with Gasteiger partial charge >= 0.3 is 0 Å². The van der Waals surface area contributed by atoms with Crippen molar-refractivity contribution in [2.24, 2.45) is 11.7 Å². The molecule has 0 spiro atoms. The highest BCUT2D eigenvalue weighted by Gasteiger charge is 2.03. The summed E-state index contributed by atoms with van der Waals surface area (Å²) in [7, 11) is 0. The Hall–Kier alpha value is -1.09. The van der Waals surface area contributed by atoms with E-state index in [1.807, 2.05) is 17.1 Å². The Labute approximate surface area is 85.6 Å². The van der Waals surface area contributed by atoms with E-state index in [0.717, 1.165) is 24.1 Å². The van der Waals surface area contributed by atoms with Crippen molar-refractivity contribution >= 4 is 5.57 Å². The quantitative estimate of drug-likeness (QED) is 0.776. The van der Waals surface area contributed by atoms with Crippen molar-refractivity contribution in [3.8, 4) is 0 Å². The van der Waals surface area contributed by atoms with Crippen LogP contribution in [0.15, 0.2) is 19.0 Å². The molecule has 0 saturated heterocycles. The van der Waals surface area contributed by atoms with Crippen molar-refractivity contribution in [1.29, 1.82) is 0 Å². The van der Waals surface area contributed by atoms with Crippen molar-refractivity contribution in [2.45, 2.75) is 26.8 Å². The van der Waals surface area contributed by atoms with E-state index in [1.54, 1.807) is 0 Å². The van der Waals surface area contributed by atoms with Crippen molar-refractivity contribution in [2.75, 3.05) is 6.54 Å². The molecule has 0 aromatic carbocycles. The second-order valence-corrected chi connectivity index (χ2v) is 3.99. The Balaban J connectivity index is 2.63. The summed E-state index contributed by atoms with van der Waals surface area (Å²) in [5.41, 5.74) is 7.65. The number of hydrogen-bond donors (Lipinski definition) is 1. The summed E-state index contributed by atoms with van der Waals surface area (Å²) in [4.78, 5) is 0. The van der Waals surface area contributed by atoms with E-state index < -0.39 is 0 Å². The lowest BCUT2D eigenvalue weighted by Crippen LogP contribution is -2.04. The molecule has 2 N–H and O–H groups in total. The molecule has 0 aliphatic rings. The molecular formula is C11H19N3. The number of aromatic nitrogens is 2. The average Bonchev–Trinajstić information content (AvgIpc) is 2.52. The predicted octanol–water partition coefficient (Wildman–Crippen LogP) is 1.90. The molecule has 14 heavy (non-hydrogen) atoms. The van der Waals surface area contributed by atoms with Gasteiger partial charge in [-0.15, -0.1) is 0 Å². The SMILES string of the molecule is C=C(CCN)c1cnn(CC(C)C)c1. The zero-order valence-corrected chi connectivity index (χ0v) is 9.03. The molecule has 0 aliphatic heterocycles. The maximum Gasteiger partial charge on any atom is 0.0564 e. The van der Waals surface area contributed by atoms with Gasteiger partial charge in [-0.3, -0.25) is 4.68 Å². The summed E-state index contributed by atoms with van der Waals surface area (Å²) in [5.74, 6) is 0.616. The Kier molecular flexibility index (Phi) is 3.89. The van der Waals surface area contributed by atoms with E-state index >= 15 is 0 Å². The lowest BCUT2D eigenvalue weighted by molar-refractivity contribution is 0.483. The fourth-order valence-corrected chi connectivity index (χ4v) is 1.34. The minimum Gasteiger partial charge on any atom is -0.330 e. The zero-order chi connectivity index (χ0) is 10.6. The predicted molar refractivity (Wildman–Crippen MR) is 59.8 cm³/mol. The topological polar surface area (TPSA) is 43.8 Å². The second kappa shape index (κ2) is 4.96.